The minimum Gasteiger partial charge on any atom is -1.00 e. The van der Waals surface area contributed by atoms with Gasteiger partial charge in [-0.1, -0.05) is 0 Å². The van der Waals surface area contributed by atoms with Gasteiger partial charge < -0.3 is 54.0 Å². The average Bonchev–Trinajstić information content (AvgIpc) is 0. The van der Waals surface area contributed by atoms with Gasteiger partial charge in [-0.25, -0.2) is 0 Å². The summed E-state index contributed by atoms with van der Waals surface area (Å²) >= 11 is 0. The molecule has 0 bridgehead atoms. The first-order valence-electron chi connectivity index (χ1n) is 0. The van der Waals surface area contributed by atoms with E-state index < -0.39 is 0 Å². The Bertz CT molecular complexity index is 11.2. The van der Waals surface area contributed by atoms with Crippen LogP contribution in [-0.4, -0.2) is 0 Å². The molecule has 63 valence electrons. The molecule has 8 heavy (non-hydrogen) atoms. The smallest absolute Gasteiger partial charge is 0 e. The third kappa shape index (κ3) is 53.6. The van der Waals surface area contributed by atoms with E-state index in [9.17, 15) is 0 Å². The van der Waals surface area contributed by atoms with Crippen molar-refractivity contribution in [1.29, 1.82) is 0 Å². The Labute approximate surface area is 126 Å². The molecule has 0 atom stereocenters. The van der Waals surface area contributed by atoms with Crippen LogP contribution in [0.3, 0.4) is 0 Å². The van der Waals surface area contributed by atoms with Crippen LogP contribution in [0, 0.1) is 0 Å². The van der Waals surface area contributed by atoms with Gasteiger partial charge >= 0.3 is 0 Å². The Hall–Kier alpha value is 3.70. The summed E-state index contributed by atoms with van der Waals surface area (Å²) in [6, 6.07) is 0. The molecule has 0 aliphatic carbocycles. The van der Waals surface area contributed by atoms with Gasteiger partial charge in [-0.15, -0.1) is 0 Å². The number of hydrogen-bond acceptors (Lipinski definition) is 4. The molecule has 0 saturated heterocycles. The molecule has 0 saturated carbocycles. The van der Waals surface area contributed by atoms with E-state index in [0.29, 0.717) is 0 Å². The Morgan fingerprint density at radius 2 is 0.375 bits per heavy atom. The quantitative estimate of drug-likeness (QED) is 0.394. The van der Waals surface area contributed by atoms with E-state index in [2.05, 4.69) is 0 Å². The molecular weight excluding hydrogens is 404 g/mol. The average molecular weight is 404 g/mol. The van der Waals surface area contributed by atoms with E-state index in [1.54, 1.807) is 0 Å². The van der Waals surface area contributed by atoms with E-state index in [-0.39, 0.29) is 128 Å². The number of hydrogen-bond donors (Lipinski definition) is 0. The standard InChI is InChI=1S/Ag.3Fe.4S/q;;;;4*-1. The molecule has 0 N–H and O–H groups in total. The van der Waals surface area contributed by atoms with E-state index in [1.165, 1.54) is 0 Å². The van der Waals surface area contributed by atoms with Crippen molar-refractivity contribution in [1.82, 2.24) is 0 Å². The van der Waals surface area contributed by atoms with Gasteiger partial charge in [0.1, 0.15) is 0 Å². The van der Waals surface area contributed by atoms with E-state index >= 15 is 0 Å². The van der Waals surface area contributed by atoms with E-state index in [0.717, 1.165) is 0 Å². The Balaban J connectivity index is 0. The van der Waals surface area contributed by atoms with Crippen LogP contribution in [0.15, 0.2) is 0 Å². The van der Waals surface area contributed by atoms with Gasteiger partial charge in [0.25, 0.3) is 0 Å². The first-order chi connectivity index (χ1) is 0. The molecular formula is AgFe3S4-4. The van der Waals surface area contributed by atoms with Gasteiger partial charge in [0, 0.05) is 73.6 Å². The fourth-order valence-electron chi connectivity index (χ4n) is 0. The maximum Gasteiger partial charge on any atom is 0 e. The minimum absolute atomic E-state index is 0. The van der Waals surface area contributed by atoms with E-state index in [1.807, 2.05) is 0 Å². The summed E-state index contributed by atoms with van der Waals surface area (Å²) in [4.78, 5) is 0. The van der Waals surface area contributed by atoms with Crippen molar-refractivity contribution in [2.24, 2.45) is 0 Å². The van der Waals surface area contributed by atoms with Gasteiger partial charge in [0.15, 0.2) is 0 Å². The summed E-state index contributed by atoms with van der Waals surface area (Å²) in [6.07, 6.45) is 0. The van der Waals surface area contributed by atoms with Crippen LogP contribution in [0.1, 0.15) is 0 Å². The summed E-state index contributed by atoms with van der Waals surface area (Å²) in [7, 11) is 0. The van der Waals surface area contributed by atoms with Crippen LogP contribution in [0.4, 0.5) is 0 Å². The zero-order valence-electron chi connectivity index (χ0n) is 3.00. The fraction of sp³-hybridized carbons (Fsp3) is 0. The second kappa shape index (κ2) is 73.6. The van der Waals surface area contributed by atoms with E-state index in [4.69, 9.17) is 0 Å². The van der Waals surface area contributed by atoms with Gasteiger partial charge in [0.2, 0.25) is 0 Å². The van der Waals surface area contributed by atoms with Crippen LogP contribution >= 0.6 is 0 Å². The maximum atomic E-state index is 0. The molecule has 0 aromatic heterocycles. The maximum absolute atomic E-state index is 0. The van der Waals surface area contributed by atoms with Crippen molar-refractivity contribution >= 4 is 54.0 Å². The Morgan fingerprint density at radius 1 is 0.375 bits per heavy atom. The van der Waals surface area contributed by atoms with Gasteiger partial charge in [0.05, 0.1) is 0 Å². The van der Waals surface area contributed by atoms with Crippen LogP contribution in [-0.2, 0) is 128 Å². The third-order valence-electron chi connectivity index (χ3n) is 0. The Kier molecular flexibility index (Phi) is 900. The molecule has 8 heteroatoms. The molecule has 0 aromatic rings. The molecule has 5 radical (unpaired) electrons. The minimum atomic E-state index is 0. The summed E-state index contributed by atoms with van der Waals surface area (Å²) in [5.74, 6) is 0. The van der Waals surface area contributed by atoms with Crippen LogP contribution in [0.5, 0.6) is 0 Å². The van der Waals surface area contributed by atoms with Crippen molar-refractivity contribution in [2.45, 2.75) is 0 Å². The van der Waals surface area contributed by atoms with Crippen molar-refractivity contribution in [3.05, 3.63) is 0 Å². The second-order valence-corrected chi connectivity index (χ2v) is 0. The molecule has 0 heterocycles. The molecule has 0 unspecified atom stereocenters. The monoisotopic (exact) mass is 403 g/mol. The number of rotatable bonds is 0. The molecule has 0 aliphatic heterocycles. The second-order valence-electron chi connectivity index (χ2n) is 0. The summed E-state index contributed by atoms with van der Waals surface area (Å²) in [5.41, 5.74) is 0. The third-order valence-corrected chi connectivity index (χ3v) is 0. The van der Waals surface area contributed by atoms with Crippen molar-refractivity contribution < 1.29 is 73.6 Å². The van der Waals surface area contributed by atoms with Crippen molar-refractivity contribution in [2.75, 3.05) is 0 Å². The zero-order chi connectivity index (χ0) is 0. The molecule has 0 nitrogen and oxygen atoms in total. The summed E-state index contributed by atoms with van der Waals surface area (Å²) in [5, 5.41) is 0. The first kappa shape index (κ1) is 97.9. The molecule has 0 fully saturated rings. The SMILES string of the molecule is [Ag].[Fe].[Fe].[Fe].[S-].[S-].[S-].[S-]. The zero-order valence-corrected chi connectivity index (χ0v) is 11.1. The molecule has 0 rings (SSSR count). The normalized spacial score (nSPS) is 0. The molecule has 0 aromatic carbocycles. The van der Waals surface area contributed by atoms with Crippen molar-refractivity contribution in [3.8, 4) is 0 Å². The predicted molar refractivity (Wildman–Crippen MR) is 29.5 cm³/mol. The van der Waals surface area contributed by atoms with Crippen LogP contribution < -0.4 is 0 Å². The van der Waals surface area contributed by atoms with Gasteiger partial charge in [-0.05, 0) is 0 Å². The Morgan fingerprint density at radius 3 is 0.375 bits per heavy atom. The first-order valence-corrected chi connectivity index (χ1v) is 0. The summed E-state index contributed by atoms with van der Waals surface area (Å²) < 4.78 is 0. The largest absolute Gasteiger partial charge is 1.00 e. The molecule has 0 spiro atoms. The molecule has 0 amide bonds. The summed E-state index contributed by atoms with van der Waals surface area (Å²) in [6.45, 7) is 0. The predicted octanol–water partition coefficient (Wildman–Crippen LogP) is -0.0196. The fourth-order valence-corrected chi connectivity index (χ4v) is 0. The van der Waals surface area contributed by atoms with Gasteiger partial charge in [-0.3, -0.25) is 0 Å². The van der Waals surface area contributed by atoms with Crippen LogP contribution in [0.2, 0.25) is 0 Å². The van der Waals surface area contributed by atoms with Crippen molar-refractivity contribution in [3.63, 3.8) is 0 Å². The van der Waals surface area contributed by atoms with Crippen LogP contribution in [0.25, 0.3) is 0 Å². The molecule has 0 aliphatic rings. The van der Waals surface area contributed by atoms with Gasteiger partial charge in [-0.2, -0.15) is 0 Å². The topological polar surface area (TPSA) is 0 Å².